The predicted octanol–water partition coefficient (Wildman–Crippen LogP) is 6.15. The summed E-state index contributed by atoms with van der Waals surface area (Å²) in [4.78, 5) is 10.8. The molecule has 2 heteroatoms. The average Bonchev–Trinajstić information content (AvgIpc) is 2.37. The minimum atomic E-state index is -0.655. The van der Waals surface area contributed by atoms with E-state index in [9.17, 15) is 4.79 Å². The first-order valence-electron chi connectivity index (χ1n) is 9.05. The fraction of sp³-hybridized carbons (Fsp3) is 0.947. The first kappa shape index (κ1) is 20.5. The molecule has 3 atom stereocenters. The van der Waals surface area contributed by atoms with Crippen molar-refractivity contribution in [2.45, 2.75) is 92.4 Å². The second kappa shape index (κ2) is 12.1. The Labute approximate surface area is 132 Å². The summed E-state index contributed by atoms with van der Waals surface area (Å²) in [5, 5.41) is 8.85. The molecule has 21 heavy (non-hydrogen) atoms. The van der Waals surface area contributed by atoms with Crippen LogP contribution in [0.25, 0.3) is 0 Å². The van der Waals surface area contributed by atoms with Crippen molar-refractivity contribution < 1.29 is 9.90 Å². The van der Waals surface area contributed by atoms with Crippen LogP contribution in [0.15, 0.2) is 0 Å². The van der Waals surface area contributed by atoms with Gasteiger partial charge in [-0.15, -0.1) is 0 Å². The van der Waals surface area contributed by atoms with Crippen LogP contribution in [0.5, 0.6) is 0 Å². The molecule has 0 spiro atoms. The molecule has 0 fully saturated rings. The van der Waals surface area contributed by atoms with Crippen molar-refractivity contribution in [2.75, 3.05) is 0 Å². The molecule has 126 valence electrons. The number of hydrogen-bond acceptors (Lipinski definition) is 1. The van der Waals surface area contributed by atoms with Crippen LogP contribution >= 0.6 is 0 Å². The molecular formula is C19H38O2. The molecule has 0 unspecified atom stereocenters. The van der Waals surface area contributed by atoms with E-state index in [0.717, 1.165) is 30.6 Å². The molecule has 0 saturated heterocycles. The molecule has 0 rings (SSSR count). The topological polar surface area (TPSA) is 37.3 Å². The third kappa shape index (κ3) is 12.9. The molecule has 2 nitrogen and oxygen atoms in total. The van der Waals surface area contributed by atoms with Crippen LogP contribution in [0.4, 0.5) is 0 Å². The van der Waals surface area contributed by atoms with E-state index < -0.39 is 5.97 Å². The smallest absolute Gasteiger partial charge is 0.306 e. The van der Waals surface area contributed by atoms with Gasteiger partial charge < -0.3 is 5.11 Å². The molecule has 0 amide bonds. The molecule has 0 aromatic rings. The standard InChI is InChI=1S/C19H38O2/c1-15(2)9-6-10-16(3)11-7-12-17(4)13-8-14-18(5)19(20)21/h15-18H,6-14H2,1-5H3,(H,20,21)/t16-,17+,18+/m0/s1. The SMILES string of the molecule is CC(C)CCC[C@H](C)CCC[C@@H](C)CCC[C@@H](C)C(=O)O. The zero-order valence-corrected chi connectivity index (χ0v) is 15.0. The molecule has 0 radical (unpaired) electrons. The van der Waals surface area contributed by atoms with Crippen molar-refractivity contribution in [3.63, 3.8) is 0 Å². The van der Waals surface area contributed by atoms with E-state index in [0.29, 0.717) is 0 Å². The summed E-state index contributed by atoms with van der Waals surface area (Å²) in [5.74, 6) is 1.61. The summed E-state index contributed by atoms with van der Waals surface area (Å²) in [6, 6.07) is 0. The number of carbonyl (C=O) groups is 1. The summed E-state index contributed by atoms with van der Waals surface area (Å²) >= 11 is 0. The maximum atomic E-state index is 10.8. The molecule has 0 aliphatic rings. The van der Waals surface area contributed by atoms with Crippen LogP contribution in [-0.4, -0.2) is 11.1 Å². The van der Waals surface area contributed by atoms with E-state index >= 15 is 0 Å². The molecule has 0 aliphatic heterocycles. The van der Waals surface area contributed by atoms with Crippen LogP contribution in [0.3, 0.4) is 0 Å². The van der Waals surface area contributed by atoms with Gasteiger partial charge in [0.05, 0.1) is 5.92 Å². The van der Waals surface area contributed by atoms with Crippen molar-refractivity contribution in [3.05, 3.63) is 0 Å². The third-order valence-corrected chi connectivity index (χ3v) is 4.63. The molecule has 0 heterocycles. The zero-order valence-electron chi connectivity index (χ0n) is 15.0. The van der Waals surface area contributed by atoms with Crippen molar-refractivity contribution in [1.29, 1.82) is 0 Å². The van der Waals surface area contributed by atoms with Crippen LogP contribution < -0.4 is 0 Å². The fourth-order valence-corrected chi connectivity index (χ4v) is 2.87. The van der Waals surface area contributed by atoms with Crippen molar-refractivity contribution in [1.82, 2.24) is 0 Å². The lowest BCUT2D eigenvalue weighted by molar-refractivity contribution is -0.141. The van der Waals surface area contributed by atoms with Gasteiger partial charge in [0, 0.05) is 0 Å². The van der Waals surface area contributed by atoms with E-state index in [2.05, 4.69) is 27.7 Å². The molecule has 0 saturated carbocycles. The summed E-state index contributed by atoms with van der Waals surface area (Å²) in [5.41, 5.74) is 0. The van der Waals surface area contributed by atoms with Gasteiger partial charge in [0.2, 0.25) is 0 Å². The number of carboxylic acids is 1. The quantitative estimate of drug-likeness (QED) is 0.443. The first-order chi connectivity index (χ1) is 9.82. The zero-order chi connectivity index (χ0) is 16.3. The predicted molar refractivity (Wildman–Crippen MR) is 91.5 cm³/mol. The van der Waals surface area contributed by atoms with Crippen LogP contribution in [0, 0.1) is 23.7 Å². The molecule has 1 N–H and O–H groups in total. The first-order valence-corrected chi connectivity index (χ1v) is 9.05. The summed E-state index contributed by atoms with van der Waals surface area (Å²) in [6.07, 6.45) is 11.2. The maximum absolute atomic E-state index is 10.8. The van der Waals surface area contributed by atoms with Crippen LogP contribution in [-0.2, 0) is 4.79 Å². The van der Waals surface area contributed by atoms with E-state index in [1.807, 2.05) is 6.92 Å². The lowest BCUT2D eigenvalue weighted by Gasteiger charge is -2.15. The Kier molecular flexibility index (Phi) is 11.8. The highest BCUT2D eigenvalue weighted by Crippen LogP contribution is 2.22. The van der Waals surface area contributed by atoms with Crippen LogP contribution in [0.1, 0.15) is 92.4 Å². The minimum absolute atomic E-state index is 0.182. The third-order valence-electron chi connectivity index (χ3n) is 4.63. The van der Waals surface area contributed by atoms with Gasteiger partial charge in [-0.2, -0.15) is 0 Å². The van der Waals surface area contributed by atoms with E-state index in [1.54, 1.807) is 0 Å². The van der Waals surface area contributed by atoms with Crippen molar-refractivity contribution in [3.8, 4) is 0 Å². The minimum Gasteiger partial charge on any atom is -0.481 e. The van der Waals surface area contributed by atoms with Gasteiger partial charge >= 0.3 is 5.97 Å². The Morgan fingerprint density at radius 2 is 1.10 bits per heavy atom. The Morgan fingerprint density at radius 3 is 1.48 bits per heavy atom. The Balaban J connectivity index is 3.52. The highest BCUT2D eigenvalue weighted by Gasteiger charge is 2.11. The van der Waals surface area contributed by atoms with E-state index in [-0.39, 0.29) is 5.92 Å². The Morgan fingerprint density at radius 1 is 0.714 bits per heavy atom. The summed E-state index contributed by atoms with van der Waals surface area (Å²) in [6.45, 7) is 11.1. The normalized spacial score (nSPS) is 15.9. The van der Waals surface area contributed by atoms with Gasteiger partial charge in [-0.25, -0.2) is 0 Å². The van der Waals surface area contributed by atoms with Gasteiger partial charge in [0.15, 0.2) is 0 Å². The summed E-state index contributed by atoms with van der Waals surface area (Å²) < 4.78 is 0. The van der Waals surface area contributed by atoms with Gasteiger partial charge in [-0.05, 0) is 24.2 Å². The molecule has 0 aromatic heterocycles. The second-order valence-electron chi connectivity index (χ2n) is 7.64. The highest BCUT2D eigenvalue weighted by molar-refractivity contribution is 5.69. The van der Waals surface area contributed by atoms with Crippen molar-refractivity contribution in [2.24, 2.45) is 23.7 Å². The maximum Gasteiger partial charge on any atom is 0.306 e. The number of rotatable bonds is 13. The lowest BCUT2D eigenvalue weighted by Crippen LogP contribution is -2.09. The average molecular weight is 299 g/mol. The molecular weight excluding hydrogens is 260 g/mol. The monoisotopic (exact) mass is 298 g/mol. The van der Waals surface area contributed by atoms with Gasteiger partial charge in [-0.1, -0.05) is 86.0 Å². The molecule has 0 bridgehead atoms. The fourth-order valence-electron chi connectivity index (χ4n) is 2.87. The largest absolute Gasteiger partial charge is 0.481 e. The van der Waals surface area contributed by atoms with Gasteiger partial charge in [0.25, 0.3) is 0 Å². The van der Waals surface area contributed by atoms with E-state index in [4.69, 9.17) is 5.11 Å². The number of hydrogen-bond donors (Lipinski definition) is 1. The lowest BCUT2D eigenvalue weighted by atomic mass is 9.91. The number of aliphatic carboxylic acids is 1. The second-order valence-corrected chi connectivity index (χ2v) is 7.64. The molecule has 0 aliphatic carbocycles. The van der Waals surface area contributed by atoms with Gasteiger partial charge in [0.1, 0.15) is 0 Å². The van der Waals surface area contributed by atoms with Gasteiger partial charge in [-0.3, -0.25) is 4.79 Å². The Hall–Kier alpha value is -0.530. The Bertz CT molecular complexity index is 260. The van der Waals surface area contributed by atoms with Crippen molar-refractivity contribution >= 4 is 5.97 Å². The van der Waals surface area contributed by atoms with Crippen LogP contribution in [0.2, 0.25) is 0 Å². The highest BCUT2D eigenvalue weighted by atomic mass is 16.4. The van der Waals surface area contributed by atoms with E-state index in [1.165, 1.54) is 44.9 Å². The summed E-state index contributed by atoms with van der Waals surface area (Å²) in [7, 11) is 0. The number of carboxylic acid groups (broad SMARTS) is 1. The molecule has 0 aromatic carbocycles.